The molecule has 0 unspecified atom stereocenters. The molecule has 7 nitrogen and oxygen atoms in total. The summed E-state index contributed by atoms with van der Waals surface area (Å²) in [6.45, 7) is 4.88. The van der Waals surface area contributed by atoms with Crippen molar-refractivity contribution in [3.8, 4) is 0 Å². The SMILES string of the molecule is CC[N+](C)(CCO)CCO.COS(=O)(=O)[O-]. The zero-order valence-corrected chi connectivity index (χ0v) is 10.7. The number of likely N-dealkylation sites (N-methyl/N-ethyl adjacent to an activating group) is 1. The summed E-state index contributed by atoms with van der Waals surface area (Å²) in [4.78, 5) is 0. The highest BCUT2D eigenvalue weighted by atomic mass is 32.3. The Morgan fingerprint density at radius 2 is 1.56 bits per heavy atom. The van der Waals surface area contributed by atoms with Crippen LogP contribution in [-0.2, 0) is 14.6 Å². The molecule has 0 aliphatic heterocycles. The zero-order valence-electron chi connectivity index (χ0n) is 9.92. The second kappa shape index (κ2) is 8.85. The van der Waals surface area contributed by atoms with Crippen LogP contribution in [0.25, 0.3) is 0 Å². The van der Waals surface area contributed by atoms with Crippen LogP contribution in [0.4, 0.5) is 0 Å². The van der Waals surface area contributed by atoms with Gasteiger partial charge in [0.1, 0.15) is 13.1 Å². The Morgan fingerprint density at radius 1 is 1.25 bits per heavy atom. The first-order valence-corrected chi connectivity index (χ1v) is 6.14. The molecule has 8 heteroatoms. The normalized spacial score (nSPS) is 11.9. The molecular weight excluding hydrogens is 238 g/mol. The average molecular weight is 259 g/mol. The lowest BCUT2D eigenvalue weighted by Crippen LogP contribution is -2.47. The lowest BCUT2D eigenvalue weighted by molar-refractivity contribution is -0.908. The van der Waals surface area contributed by atoms with Crippen LogP contribution >= 0.6 is 0 Å². The van der Waals surface area contributed by atoms with Crippen LogP contribution in [0.1, 0.15) is 6.92 Å². The van der Waals surface area contributed by atoms with E-state index < -0.39 is 10.4 Å². The number of hydrogen-bond donors (Lipinski definition) is 2. The maximum atomic E-state index is 9.22. The zero-order chi connectivity index (χ0) is 13.2. The summed E-state index contributed by atoms with van der Waals surface area (Å²) in [5, 5.41) is 17.3. The van der Waals surface area contributed by atoms with Gasteiger partial charge in [0.2, 0.25) is 10.4 Å². The summed E-state index contributed by atoms with van der Waals surface area (Å²) >= 11 is 0. The van der Waals surface area contributed by atoms with Crippen LogP contribution in [0.2, 0.25) is 0 Å². The molecule has 0 spiro atoms. The molecule has 0 aliphatic carbocycles. The first-order valence-electron chi connectivity index (χ1n) is 4.81. The largest absolute Gasteiger partial charge is 0.726 e. The number of aliphatic hydroxyl groups excluding tert-OH is 2. The summed E-state index contributed by atoms with van der Waals surface area (Å²) in [6.07, 6.45) is 0. The molecule has 100 valence electrons. The Balaban J connectivity index is 0. The summed E-state index contributed by atoms with van der Waals surface area (Å²) in [7, 11) is -1.57. The van der Waals surface area contributed by atoms with Crippen molar-refractivity contribution >= 4 is 10.4 Å². The van der Waals surface area contributed by atoms with Crippen molar-refractivity contribution in [2.24, 2.45) is 0 Å². The quantitative estimate of drug-likeness (QED) is 0.342. The fourth-order valence-electron chi connectivity index (χ4n) is 0.911. The molecule has 2 N–H and O–H groups in total. The maximum absolute atomic E-state index is 9.22. The molecule has 0 atom stereocenters. The van der Waals surface area contributed by atoms with Crippen LogP contribution in [0.3, 0.4) is 0 Å². The van der Waals surface area contributed by atoms with E-state index in [1.165, 1.54) is 0 Å². The Labute approximate surface area is 96.8 Å². The predicted octanol–water partition coefficient (Wildman–Crippen LogP) is -1.47. The Morgan fingerprint density at radius 3 is 1.69 bits per heavy atom. The van der Waals surface area contributed by atoms with E-state index in [0.717, 1.165) is 31.2 Å². The van der Waals surface area contributed by atoms with Gasteiger partial charge in [-0.15, -0.1) is 0 Å². The van der Waals surface area contributed by atoms with Gasteiger partial charge in [0.05, 0.1) is 33.9 Å². The Hall–Kier alpha value is -0.250. The molecule has 0 rings (SSSR count). The van der Waals surface area contributed by atoms with Gasteiger partial charge in [-0.2, -0.15) is 0 Å². The molecule has 0 aromatic carbocycles. The standard InChI is InChI=1S/C7H18NO2.CH4O4S/c1-3-8(2,4-6-9)5-7-10;1-5-6(2,3)4/h9-10H,3-7H2,1-2H3;1H3,(H,2,3,4)/q+1;/p-1. The minimum atomic E-state index is -4.41. The molecule has 0 heterocycles. The third-order valence-electron chi connectivity index (χ3n) is 2.25. The minimum absolute atomic E-state index is 0.199. The van der Waals surface area contributed by atoms with Crippen LogP contribution in [0.5, 0.6) is 0 Å². The van der Waals surface area contributed by atoms with Gasteiger partial charge in [0.15, 0.2) is 0 Å². The molecule has 0 bridgehead atoms. The number of quaternary nitrogens is 1. The first-order chi connectivity index (χ1) is 7.24. The van der Waals surface area contributed by atoms with Gasteiger partial charge in [-0.3, -0.25) is 4.18 Å². The minimum Gasteiger partial charge on any atom is -0.726 e. The molecule has 0 radical (unpaired) electrons. The molecule has 0 aliphatic rings. The van der Waals surface area contributed by atoms with Gasteiger partial charge in [-0.25, -0.2) is 8.42 Å². The average Bonchev–Trinajstić information content (AvgIpc) is 2.18. The van der Waals surface area contributed by atoms with Crippen molar-refractivity contribution in [2.45, 2.75) is 6.92 Å². The Kier molecular flexibility index (Phi) is 10.0. The molecule has 0 saturated heterocycles. The van der Waals surface area contributed by atoms with E-state index >= 15 is 0 Å². The van der Waals surface area contributed by atoms with Crippen molar-refractivity contribution in [2.75, 3.05) is 47.0 Å². The summed E-state index contributed by atoms with van der Waals surface area (Å²) in [5.41, 5.74) is 0. The van der Waals surface area contributed by atoms with Crippen molar-refractivity contribution in [1.82, 2.24) is 0 Å². The molecular formula is C8H21NO6S. The predicted molar refractivity (Wildman–Crippen MR) is 57.3 cm³/mol. The summed E-state index contributed by atoms with van der Waals surface area (Å²) in [6, 6.07) is 0. The third kappa shape index (κ3) is 11.8. The van der Waals surface area contributed by atoms with Crippen molar-refractivity contribution in [3.05, 3.63) is 0 Å². The second-order valence-corrected chi connectivity index (χ2v) is 4.55. The topological polar surface area (TPSA) is 107 Å². The lowest BCUT2D eigenvalue weighted by Gasteiger charge is -2.31. The van der Waals surface area contributed by atoms with Crippen LogP contribution in [0.15, 0.2) is 0 Å². The fourth-order valence-corrected chi connectivity index (χ4v) is 0.911. The smallest absolute Gasteiger partial charge is 0.217 e. The van der Waals surface area contributed by atoms with E-state index in [-0.39, 0.29) is 13.2 Å². The van der Waals surface area contributed by atoms with Gasteiger partial charge in [-0.05, 0) is 6.92 Å². The van der Waals surface area contributed by atoms with E-state index in [9.17, 15) is 13.0 Å². The van der Waals surface area contributed by atoms with Gasteiger partial charge in [0.25, 0.3) is 0 Å². The van der Waals surface area contributed by atoms with Gasteiger partial charge in [0, 0.05) is 0 Å². The van der Waals surface area contributed by atoms with E-state index in [1.54, 1.807) is 0 Å². The molecule has 0 aromatic heterocycles. The van der Waals surface area contributed by atoms with Gasteiger partial charge in [-0.1, -0.05) is 0 Å². The number of rotatable bonds is 6. The highest BCUT2D eigenvalue weighted by molar-refractivity contribution is 7.80. The molecule has 0 saturated carbocycles. The molecule has 0 amide bonds. The van der Waals surface area contributed by atoms with Crippen LogP contribution < -0.4 is 0 Å². The number of hydrogen-bond acceptors (Lipinski definition) is 6. The van der Waals surface area contributed by atoms with Crippen molar-refractivity contribution < 1.29 is 31.8 Å². The van der Waals surface area contributed by atoms with Crippen molar-refractivity contribution in [3.63, 3.8) is 0 Å². The molecule has 0 fully saturated rings. The van der Waals surface area contributed by atoms with E-state index in [2.05, 4.69) is 11.1 Å². The van der Waals surface area contributed by atoms with Gasteiger partial charge >= 0.3 is 0 Å². The lowest BCUT2D eigenvalue weighted by atomic mass is 10.4. The van der Waals surface area contributed by atoms with Crippen molar-refractivity contribution in [1.29, 1.82) is 0 Å². The number of aliphatic hydroxyl groups is 2. The monoisotopic (exact) mass is 259 g/mol. The molecule has 16 heavy (non-hydrogen) atoms. The third-order valence-corrected chi connectivity index (χ3v) is 2.66. The first kappa shape index (κ1) is 18.1. The van der Waals surface area contributed by atoms with E-state index in [4.69, 9.17) is 10.2 Å². The van der Waals surface area contributed by atoms with Crippen LogP contribution in [0, 0.1) is 0 Å². The highest BCUT2D eigenvalue weighted by Gasteiger charge is 2.16. The van der Waals surface area contributed by atoms with Crippen LogP contribution in [-0.4, -0.2) is 74.7 Å². The van der Waals surface area contributed by atoms with E-state index in [1.807, 2.05) is 7.05 Å². The fraction of sp³-hybridized carbons (Fsp3) is 1.00. The number of nitrogens with zero attached hydrogens (tertiary/aromatic N) is 1. The Bertz CT molecular complexity index is 247. The van der Waals surface area contributed by atoms with E-state index in [0.29, 0.717) is 0 Å². The highest BCUT2D eigenvalue weighted by Crippen LogP contribution is 1.98. The summed E-state index contributed by atoms with van der Waals surface area (Å²) < 4.78 is 31.8. The second-order valence-electron chi connectivity index (χ2n) is 3.41. The maximum Gasteiger partial charge on any atom is 0.217 e. The molecule has 0 aromatic rings. The van der Waals surface area contributed by atoms with Gasteiger partial charge < -0.3 is 19.2 Å². The summed E-state index contributed by atoms with van der Waals surface area (Å²) in [5.74, 6) is 0.